The van der Waals surface area contributed by atoms with Crippen molar-refractivity contribution >= 4 is 5.97 Å². The van der Waals surface area contributed by atoms with E-state index in [1.807, 2.05) is 6.92 Å². The van der Waals surface area contributed by atoms with E-state index in [-0.39, 0.29) is 11.9 Å². The molecule has 0 amide bonds. The number of hydrogen-bond donors (Lipinski definition) is 0. The minimum absolute atomic E-state index is 0.0299. The fourth-order valence-electron chi connectivity index (χ4n) is 2.97. The van der Waals surface area contributed by atoms with Crippen LogP contribution in [-0.2, 0) is 29.0 Å². The molecule has 21 heavy (non-hydrogen) atoms. The zero-order valence-corrected chi connectivity index (χ0v) is 13.5. The molecule has 1 fully saturated rings. The van der Waals surface area contributed by atoms with E-state index >= 15 is 0 Å². The number of ether oxygens (including phenoxy) is 1. The van der Waals surface area contributed by atoms with Gasteiger partial charge in [-0.1, -0.05) is 6.92 Å². The number of likely N-dealkylation sites (tertiary alicyclic amines) is 1. The SMILES string of the molecule is CCOC(=O)C1CCCN(Cc2cc(CC)nn2CC)C1. The van der Waals surface area contributed by atoms with Crippen molar-refractivity contribution < 1.29 is 9.53 Å². The Bertz CT molecular complexity index is 470. The zero-order chi connectivity index (χ0) is 15.2. The molecule has 2 heterocycles. The zero-order valence-electron chi connectivity index (χ0n) is 13.5. The normalized spacial score (nSPS) is 19.7. The van der Waals surface area contributed by atoms with E-state index in [9.17, 15) is 4.79 Å². The predicted octanol–water partition coefficient (Wildman–Crippen LogP) is 2.24. The third-order valence-corrected chi connectivity index (χ3v) is 4.09. The van der Waals surface area contributed by atoms with Gasteiger partial charge in [-0.2, -0.15) is 5.10 Å². The standard InChI is InChI=1S/C16H27N3O2/c1-4-14-10-15(19(5-2)17-14)12-18-9-7-8-13(11-18)16(20)21-6-3/h10,13H,4-9,11-12H2,1-3H3. The lowest BCUT2D eigenvalue weighted by molar-refractivity contribution is -0.150. The van der Waals surface area contributed by atoms with Gasteiger partial charge in [-0.25, -0.2) is 0 Å². The summed E-state index contributed by atoms with van der Waals surface area (Å²) in [7, 11) is 0. The highest BCUT2D eigenvalue weighted by Gasteiger charge is 2.27. The second-order valence-electron chi connectivity index (χ2n) is 5.62. The quantitative estimate of drug-likeness (QED) is 0.755. The van der Waals surface area contributed by atoms with E-state index in [0.29, 0.717) is 6.61 Å². The largest absolute Gasteiger partial charge is 0.466 e. The first-order chi connectivity index (χ1) is 10.2. The Morgan fingerprint density at radius 1 is 1.43 bits per heavy atom. The molecule has 1 atom stereocenters. The molecule has 0 saturated carbocycles. The van der Waals surface area contributed by atoms with Crippen LogP contribution < -0.4 is 0 Å². The van der Waals surface area contributed by atoms with Crippen molar-refractivity contribution in [3.63, 3.8) is 0 Å². The number of esters is 1. The molecule has 1 aliphatic heterocycles. The molecule has 1 aliphatic rings. The van der Waals surface area contributed by atoms with Gasteiger partial charge in [0.15, 0.2) is 0 Å². The lowest BCUT2D eigenvalue weighted by atomic mass is 9.98. The van der Waals surface area contributed by atoms with Crippen LogP contribution in [-0.4, -0.2) is 40.3 Å². The summed E-state index contributed by atoms with van der Waals surface area (Å²) >= 11 is 0. The van der Waals surface area contributed by atoms with Crippen LogP contribution in [0.25, 0.3) is 0 Å². The first-order valence-corrected chi connectivity index (χ1v) is 8.12. The minimum atomic E-state index is -0.0413. The molecule has 5 nitrogen and oxygen atoms in total. The van der Waals surface area contributed by atoms with Gasteiger partial charge in [-0.15, -0.1) is 0 Å². The minimum Gasteiger partial charge on any atom is -0.466 e. The van der Waals surface area contributed by atoms with Crippen molar-refractivity contribution in [3.05, 3.63) is 17.5 Å². The van der Waals surface area contributed by atoms with Gasteiger partial charge in [-0.05, 0) is 45.7 Å². The van der Waals surface area contributed by atoms with Crippen LogP contribution in [0.3, 0.4) is 0 Å². The Hall–Kier alpha value is -1.36. The van der Waals surface area contributed by atoms with Gasteiger partial charge >= 0.3 is 5.97 Å². The molecule has 0 spiro atoms. The summed E-state index contributed by atoms with van der Waals surface area (Å²) in [4.78, 5) is 14.3. The summed E-state index contributed by atoms with van der Waals surface area (Å²) < 4.78 is 7.24. The van der Waals surface area contributed by atoms with Gasteiger partial charge in [-0.3, -0.25) is 14.4 Å². The molecular formula is C16H27N3O2. The van der Waals surface area contributed by atoms with Crippen LogP contribution in [0.1, 0.15) is 45.0 Å². The highest BCUT2D eigenvalue weighted by molar-refractivity contribution is 5.72. The van der Waals surface area contributed by atoms with Crippen molar-refractivity contribution in [2.24, 2.45) is 5.92 Å². The Balaban J connectivity index is 1.99. The molecule has 1 saturated heterocycles. The van der Waals surface area contributed by atoms with Crippen molar-refractivity contribution in [3.8, 4) is 0 Å². The summed E-state index contributed by atoms with van der Waals surface area (Å²) in [6, 6.07) is 2.19. The molecule has 0 bridgehead atoms. The number of aromatic nitrogens is 2. The number of piperidine rings is 1. The first-order valence-electron chi connectivity index (χ1n) is 8.12. The van der Waals surface area contributed by atoms with Crippen LogP contribution in [0.4, 0.5) is 0 Å². The van der Waals surface area contributed by atoms with Crippen molar-refractivity contribution in [2.75, 3.05) is 19.7 Å². The van der Waals surface area contributed by atoms with Gasteiger partial charge in [0.2, 0.25) is 0 Å². The molecule has 0 aliphatic carbocycles. The Kier molecular flexibility index (Phi) is 5.79. The van der Waals surface area contributed by atoms with Gasteiger partial charge in [0.05, 0.1) is 23.9 Å². The second-order valence-corrected chi connectivity index (χ2v) is 5.62. The maximum absolute atomic E-state index is 11.9. The summed E-state index contributed by atoms with van der Waals surface area (Å²) in [5.74, 6) is -0.0113. The number of hydrogen-bond acceptors (Lipinski definition) is 4. The van der Waals surface area contributed by atoms with Crippen LogP contribution in [0, 0.1) is 5.92 Å². The van der Waals surface area contributed by atoms with Crippen LogP contribution >= 0.6 is 0 Å². The van der Waals surface area contributed by atoms with Gasteiger partial charge in [0.25, 0.3) is 0 Å². The summed E-state index contributed by atoms with van der Waals surface area (Å²) in [6.07, 6.45) is 2.97. The Morgan fingerprint density at radius 3 is 2.90 bits per heavy atom. The van der Waals surface area contributed by atoms with Crippen molar-refractivity contribution in [2.45, 2.75) is 53.1 Å². The number of carbonyl (C=O) groups excluding carboxylic acids is 1. The molecule has 0 radical (unpaired) electrons. The fraction of sp³-hybridized carbons (Fsp3) is 0.750. The Labute approximate surface area is 127 Å². The molecule has 2 rings (SSSR count). The number of rotatable bonds is 6. The molecule has 1 aromatic heterocycles. The van der Waals surface area contributed by atoms with Crippen molar-refractivity contribution in [1.82, 2.24) is 14.7 Å². The topological polar surface area (TPSA) is 47.4 Å². The van der Waals surface area contributed by atoms with Gasteiger partial charge < -0.3 is 4.74 Å². The van der Waals surface area contributed by atoms with Crippen LogP contribution in [0.15, 0.2) is 6.07 Å². The third-order valence-electron chi connectivity index (χ3n) is 4.09. The summed E-state index contributed by atoms with van der Waals surface area (Å²) in [5.41, 5.74) is 2.39. The number of aryl methyl sites for hydroxylation is 2. The highest BCUT2D eigenvalue weighted by Crippen LogP contribution is 2.20. The number of nitrogens with zero attached hydrogens (tertiary/aromatic N) is 3. The van der Waals surface area contributed by atoms with Crippen LogP contribution in [0.2, 0.25) is 0 Å². The molecule has 0 aromatic carbocycles. The van der Waals surface area contributed by atoms with E-state index in [2.05, 4.69) is 34.6 Å². The summed E-state index contributed by atoms with van der Waals surface area (Å²) in [5, 5.41) is 4.59. The predicted molar refractivity (Wildman–Crippen MR) is 81.9 cm³/mol. The lowest BCUT2D eigenvalue weighted by Crippen LogP contribution is -2.39. The molecule has 0 N–H and O–H groups in total. The number of carbonyl (C=O) groups is 1. The first kappa shape index (κ1) is 16.0. The lowest BCUT2D eigenvalue weighted by Gasteiger charge is -2.31. The van der Waals surface area contributed by atoms with E-state index < -0.39 is 0 Å². The van der Waals surface area contributed by atoms with Gasteiger partial charge in [0, 0.05) is 19.6 Å². The smallest absolute Gasteiger partial charge is 0.310 e. The van der Waals surface area contributed by atoms with Gasteiger partial charge in [0.1, 0.15) is 0 Å². The van der Waals surface area contributed by atoms with Crippen molar-refractivity contribution in [1.29, 1.82) is 0 Å². The molecular weight excluding hydrogens is 266 g/mol. The molecule has 118 valence electrons. The maximum Gasteiger partial charge on any atom is 0.310 e. The van der Waals surface area contributed by atoms with E-state index in [1.165, 1.54) is 5.69 Å². The monoisotopic (exact) mass is 293 g/mol. The van der Waals surface area contributed by atoms with Crippen LogP contribution in [0.5, 0.6) is 0 Å². The van der Waals surface area contributed by atoms with E-state index in [0.717, 1.165) is 51.1 Å². The average molecular weight is 293 g/mol. The highest BCUT2D eigenvalue weighted by atomic mass is 16.5. The average Bonchev–Trinajstić information content (AvgIpc) is 2.90. The van der Waals surface area contributed by atoms with E-state index in [1.54, 1.807) is 0 Å². The third kappa shape index (κ3) is 4.06. The Morgan fingerprint density at radius 2 is 2.24 bits per heavy atom. The summed E-state index contributed by atoms with van der Waals surface area (Å²) in [6.45, 7) is 10.2. The molecule has 1 unspecified atom stereocenters. The fourth-order valence-corrected chi connectivity index (χ4v) is 2.97. The molecule has 1 aromatic rings. The maximum atomic E-state index is 11.9. The molecule has 5 heteroatoms. The second kappa shape index (κ2) is 7.59. The van der Waals surface area contributed by atoms with E-state index in [4.69, 9.17) is 4.74 Å².